The average Bonchev–Trinajstić information content (AvgIpc) is 2.54. The van der Waals surface area contributed by atoms with Crippen LogP contribution in [-0.2, 0) is 11.2 Å². The third-order valence-electron chi connectivity index (χ3n) is 3.19. The minimum atomic E-state index is -0.474. The lowest BCUT2D eigenvalue weighted by molar-refractivity contribution is -0.121. The molecule has 2 aromatic carbocycles. The van der Waals surface area contributed by atoms with E-state index in [1.54, 1.807) is 12.1 Å². The zero-order chi connectivity index (χ0) is 16.8. The molecule has 0 unspecified atom stereocenters. The van der Waals surface area contributed by atoms with Gasteiger partial charge in [0.2, 0.25) is 5.91 Å². The molecule has 0 aliphatic rings. The molecule has 23 heavy (non-hydrogen) atoms. The maximum absolute atomic E-state index is 12.8. The van der Waals surface area contributed by atoms with Gasteiger partial charge in [-0.15, -0.1) is 0 Å². The summed E-state index contributed by atoms with van der Waals surface area (Å²) in [6, 6.07) is 10.8. The van der Waals surface area contributed by atoms with Crippen molar-refractivity contribution < 1.29 is 18.7 Å². The van der Waals surface area contributed by atoms with Crippen LogP contribution in [0.2, 0.25) is 0 Å². The van der Waals surface area contributed by atoms with Gasteiger partial charge in [0, 0.05) is 0 Å². The molecule has 2 rings (SSSR count). The molecule has 0 aliphatic carbocycles. The van der Waals surface area contributed by atoms with Crippen molar-refractivity contribution in [2.24, 2.45) is 0 Å². The summed E-state index contributed by atoms with van der Waals surface area (Å²) in [5, 5.41) is 0. The predicted octanol–water partition coefficient (Wildman–Crippen LogP) is 2.15. The molecule has 120 valence electrons. The van der Waals surface area contributed by atoms with Gasteiger partial charge in [-0.2, -0.15) is 0 Å². The number of amides is 2. The number of methoxy groups -OCH3 is 1. The second kappa shape index (κ2) is 7.40. The molecule has 2 aromatic rings. The van der Waals surface area contributed by atoms with E-state index in [0.29, 0.717) is 16.9 Å². The predicted molar refractivity (Wildman–Crippen MR) is 83.4 cm³/mol. The van der Waals surface area contributed by atoms with Gasteiger partial charge in [-0.05, 0) is 36.8 Å². The van der Waals surface area contributed by atoms with Crippen molar-refractivity contribution in [3.05, 3.63) is 65.0 Å². The van der Waals surface area contributed by atoms with Crippen molar-refractivity contribution in [3.63, 3.8) is 0 Å². The summed E-state index contributed by atoms with van der Waals surface area (Å²) in [7, 11) is 1.47. The zero-order valence-corrected chi connectivity index (χ0v) is 12.9. The maximum atomic E-state index is 12.8. The van der Waals surface area contributed by atoms with Crippen LogP contribution >= 0.6 is 0 Å². The summed E-state index contributed by atoms with van der Waals surface area (Å²) in [6.45, 7) is 1.85. The van der Waals surface area contributed by atoms with Crippen LogP contribution in [0, 0.1) is 12.7 Å². The fourth-order valence-electron chi connectivity index (χ4n) is 2.02. The number of carbonyl (C=O) groups is 2. The Kier molecular flexibility index (Phi) is 5.30. The number of rotatable bonds is 4. The Balaban J connectivity index is 1.95. The molecular weight excluding hydrogens is 299 g/mol. The Bertz CT molecular complexity index is 714. The first-order valence-electron chi connectivity index (χ1n) is 6.98. The molecule has 5 nitrogen and oxygen atoms in total. The number of halogens is 1. The first-order chi connectivity index (χ1) is 11.0. The fraction of sp³-hybridized carbons (Fsp3) is 0.176. The molecule has 0 heterocycles. The highest BCUT2D eigenvalue weighted by molar-refractivity contribution is 5.98. The quantitative estimate of drug-likeness (QED) is 0.849. The van der Waals surface area contributed by atoms with Gasteiger partial charge in [-0.1, -0.05) is 23.8 Å². The molecule has 0 radical (unpaired) electrons. The Morgan fingerprint density at radius 3 is 2.43 bits per heavy atom. The van der Waals surface area contributed by atoms with Crippen LogP contribution in [0.25, 0.3) is 0 Å². The van der Waals surface area contributed by atoms with Crippen molar-refractivity contribution in [1.82, 2.24) is 10.9 Å². The third kappa shape index (κ3) is 4.54. The van der Waals surface area contributed by atoms with Gasteiger partial charge in [0.25, 0.3) is 5.91 Å². The molecule has 0 saturated carbocycles. The van der Waals surface area contributed by atoms with Gasteiger partial charge in [0.1, 0.15) is 11.6 Å². The van der Waals surface area contributed by atoms with E-state index >= 15 is 0 Å². The van der Waals surface area contributed by atoms with E-state index in [1.165, 1.54) is 31.4 Å². The molecular formula is C17H17FN2O3. The highest BCUT2D eigenvalue weighted by atomic mass is 19.1. The monoisotopic (exact) mass is 316 g/mol. The Morgan fingerprint density at radius 1 is 1.09 bits per heavy atom. The first kappa shape index (κ1) is 16.5. The van der Waals surface area contributed by atoms with E-state index in [2.05, 4.69) is 10.9 Å². The van der Waals surface area contributed by atoms with Crippen LogP contribution in [-0.4, -0.2) is 18.9 Å². The number of benzene rings is 2. The van der Waals surface area contributed by atoms with Crippen molar-refractivity contribution in [1.29, 1.82) is 0 Å². The topological polar surface area (TPSA) is 67.4 Å². The molecule has 0 spiro atoms. The Labute approximate surface area is 133 Å². The Hall–Kier alpha value is -2.89. The number of aryl methyl sites for hydroxylation is 1. The molecule has 0 fully saturated rings. The average molecular weight is 316 g/mol. The number of hydrogen-bond donors (Lipinski definition) is 2. The van der Waals surface area contributed by atoms with Gasteiger partial charge in [-0.3, -0.25) is 20.4 Å². The second-order valence-electron chi connectivity index (χ2n) is 5.01. The molecule has 0 bridgehead atoms. The van der Waals surface area contributed by atoms with E-state index in [-0.39, 0.29) is 12.2 Å². The van der Waals surface area contributed by atoms with E-state index in [9.17, 15) is 14.0 Å². The Morgan fingerprint density at radius 2 is 1.78 bits per heavy atom. The smallest absolute Gasteiger partial charge is 0.273 e. The molecule has 0 atom stereocenters. The van der Waals surface area contributed by atoms with Gasteiger partial charge in [0.15, 0.2) is 0 Å². The molecule has 0 aromatic heterocycles. The highest BCUT2D eigenvalue weighted by Crippen LogP contribution is 2.19. The molecule has 6 heteroatoms. The van der Waals surface area contributed by atoms with Gasteiger partial charge in [-0.25, -0.2) is 4.39 Å². The lowest BCUT2D eigenvalue weighted by Crippen LogP contribution is -2.42. The summed E-state index contributed by atoms with van der Waals surface area (Å²) in [4.78, 5) is 23.9. The van der Waals surface area contributed by atoms with Crippen LogP contribution in [0.1, 0.15) is 21.5 Å². The van der Waals surface area contributed by atoms with Crippen LogP contribution in [0.3, 0.4) is 0 Å². The van der Waals surface area contributed by atoms with E-state index < -0.39 is 11.8 Å². The first-order valence-corrected chi connectivity index (χ1v) is 6.98. The fourth-order valence-corrected chi connectivity index (χ4v) is 2.02. The summed E-state index contributed by atoms with van der Waals surface area (Å²) in [6.07, 6.45) is 0.0332. The largest absolute Gasteiger partial charge is 0.496 e. The minimum Gasteiger partial charge on any atom is -0.496 e. The zero-order valence-electron chi connectivity index (χ0n) is 12.9. The maximum Gasteiger partial charge on any atom is 0.273 e. The summed E-state index contributed by atoms with van der Waals surface area (Å²) in [5.74, 6) is -0.829. The molecule has 2 N–H and O–H groups in total. The van der Waals surface area contributed by atoms with Crippen molar-refractivity contribution in [2.75, 3.05) is 7.11 Å². The minimum absolute atomic E-state index is 0.0332. The number of hydrogen-bond acceptors (Lipinski definition) is 3. The van der Waals surface area contributed by atoms with Crippen LogP contribution in [0.15, 0.2) is 42.5 Å². The number of ether oxygens (including phenoxy) is 1. The van der Waals surface area contributed by atoms with Gasteiger partial charge < -0.3 is 4.74 Å². The summed E-state index contributed by atoms with van der Waals surface area (Å²) < 4.78 is 17.9. The number of carbonyl (C=O) groups excluding carboxylic acids is 2. The second-order valence-corrected chi connectivity index (χ2v) is 5.01. The lowest BCUT2D eigenvalue weighted by atomic mass is 10.1. The van der Waals surface area contributed by atoms with Crippen LogP contribution in [0.5, 0.6) is 5.75 Å². The van der Waals surface area contributed by atoms with E-state index in [1.807, 2.05) is 13.0 Å². The van der Waals surface area contributed by atoms with Crippen LogP contribution in [0.4, 0.5) is 4.39 Å². The highest BCUT2D eigenvalue weighted by Gasteiger charge is 2.13. The van der Waals surface area contributed by atoms with Crippen molar-refractivity contribution >= 4 is 11.8 Å². The van der Waals surface area contributed by atoms with Gasteiger partial charge >= 0.3 is 0 Å². The molecule has 0 aliphatic heterocycles. The molecule has 2 amide bonds. The summed E-state index contributed by atoms with van der Waals surface area (Å²) >= 11 is 0. The van der Waals surface area contributed by atoms with Crippen LogP contribution < -0.4 is 15.6 Å². The van der Waals surface area contributed by atoms with Gasteiger partial charge in [0.05, 0.1) is 19.1 Å². The molecule has 0 saturated heterocycles. The summed E-state index contributed by atoms with van der Waals surface area (Å²) in [5.41, 5.74) is 6.54. The SMILES string of the molecule is COc1ccc(C)cc1C(=O)NNC(=O)Cc1ccc(F)cc1. The van der Waals surface area contributed by atoms with Crippen molar-refractivity contribution in [3.8, 4) is 5.75 Å². The van der Waals surface area contributed by atoms with Crippen molar-refractivity contribution in [2.45, 2.75) is 13.3 Å². The number of hydrazine groups is 1. The standard InChI is InChI=1S/C17H17FN2O3/c1-11-3-8-15(23-2)14(9-11)17(22)20-19-16(21)10-12-4-6-13(18)7-5-12/h3-9H,10H2,1-2H3,(H,19,21)(H,20,22). The van der Waals surface area contributed by atoms with E-state index in [0.717, 1.165) is 5.56 Å². The van der Waals surface area contributed by atoms with E-state index in [4.69, 9.17) is 4.74 Å². The lowest BCUT2D eigenvalue weighted by Gasteiger charge is -2.11. The normalized spacial score (nSPS) is 10.0. The number of nitrogens with one attached hydrogen (secondary N) is 2. The third-order valence-corrected chi connectivity index (χ3v) is 3.19.